The topological polar surface area (TPSA) is 111 Å². The van der Waals surface area contributed by atoms with E-state index >= 15 is 0 Å². The van der Waals surface area contributed by atoms with Gasteiger partial charge in [0.25, 0.3) is 5.56 Å². The third kappa shape index (κ3) is 3.13. The van der Waals surface area contributed by atoms with Crippen LogP contribution in [0.4, 0.5) is 11.8 Å². The van der Waals surface area contributed by atoms with Gasteiger partial charge in [-0.25, -0.2) is 9.50 Å². The molecule has 1 unspecified atom stereocenters. The molecule has 5 rings (SSSR count). The van der Waals surface area contributed by atoms with E-state index in [1.807, 2.05) is 36.1 Å². The number of carbonyl (C=O) groups excluding carboxylic acids is 1. The summed E-state index contributed by atoms with van der Waals surface area (Å²) in [6.45, 7) is 4.06. The summed E-state index contributed by atoms with van der Waals surface area (Å²) in [6, 6.07) is 8.99. The highest BCUT2D eigenvalue weighted by atomic mass is 35.5. The van der Waals surface area contributed by atoms with Crippen molar-refractivity contribution in [3.63, 3.8) is 0 Å². The van der Waals surface area contributed by atoms with Crippen LogP contribution in [0, 0.1) is 6.92 Å². The van der Waals surface area contributed by atoms with Gasteiger partial charge in [-0.3, -0.25) is 14.2 Å². The maximum atomic E-state index is 13.6. The molecule has 1 aliphatic heterocycles. The van der Waals surface area contributed by atoms with E-state index in [9.17, 15) is 9.59 Å². The zero-order chi connectivity index (χ0) is 22.6. The Morgan fingerprint density at radius 3 is 2.78 bits per heavy atom. The highest BCUT2D eigenvalue weighted by Crippen LogP contribution is 2.38. The normalized spacial score (nSPS) is 15.7. The molecule has 0 spiro atoms. The van der Waals surface area contributed by atoms with Crippen molar-refractivity contribution >= 4 is 34.7 Å². The number of nitrogen functional groups attached to an aromatic ring is 1. The summed E-state index contributed by atoms with van der Waals surface area (Å²) >= 11 is 6.29. The summed E-state index contributed by atoms with van der Waals surface area (Å²) in [5.41, 5.74) is 7.93. The van der Waals surface area contributed by atoms with Crippen molar-refractivity contribution in [2.24, 2.45) is 0 Å². The molecule has 0 aliphatic carbocycles. The number of aryl methyl sites for hydroxylation is 1. The van der Waals surface area contributed by atoms with Crippen LogP contribution in [0.2, 0.25) is 5.02 Å². The number of fused-ring (bicyclic) bond motifs is 1. The molecule has 2 N–H and O–H groups in total. The van der Waals surface area contributed by atoms with Gasteiger partial charge in [0.05, 0.1) is 22.3 Å². The standard InChI is InChI=1S/C22H20ClN7O2/c1-12-4-3-5-14(10-12)30-20(27-29-9-6-16(23)18(29)21(30)32)17-7-8-28(17)19-15(13(2)31)11-25-22(24)26-19/h3-6,9-11,17H,7-8H2,1-2H3,(H2,24,25,26). The molecule has 1 atom stereocenters. The molecule has 3 aromatic heterocycles. The van der Waals surface area contributed by atoms with Gasteiger partial charge in [0.2, 0.25) is 5.95 Å². The molecular weight excluding hydrogens is 430 g/mol. The number of Topliss-reactive ketones (excluding diaryl/α,β-unsaturated/α-hetero) is 1. The van der Waals surface area contributed by atoms with E-state index in [1.165, 1.54) is 17.6 Å². The summed E-state index contributed by atoms with van der Waals surface area (Å²) in [5.74, 6) is 0.880. The van der Waals surface area contributed by atoms with Crippen molar-refractivity contribution in [2.45, 2.75) is 26.3 Å². The van der Waals surface area contributed by atoms with Crippen LogP contribution in [0.5, 0.6) is 0 Å². The fourth-order valence-electron chi connectivity index (χ4n) is 4.04. The van der Waals surface area contributed by atoms with Crippen LogP contribution >= 0.6 is 11.6 Å². The van der Waals surface area contributed by atoms with Crippen molar-refractivity contribution in [2.75, 3.05) is 17.2 Å². The van der Waals surface area contributed by atoms with Gasteiger partial charge >= 0.3 is 0 Å². The summed E-state index contributed by atoms with van der Waals surface area (Å²) in [7, 11) is 0. The molecule has 9 nitrogen and oxygen atoms in total. The van der Waals surface area contributed by atoms with Crippen LogP contribution < -0.4 is 16.2 Å². The second-order valence-electron chi connectivity index (χ2n) is 7.81. The highest BCUT2D eigenvalue weighted by molar-refractivity contribution is 6.33. The molecule has 10 heteroatoms. The Kier molecular flexibility index (Phi) is 4.70. The molecule has 1 aromatic carbocycles. The number of carbonyl (C=O) groups is 1. The fourth-order valence-corrected chi connectivity index (χ4v) is 4.27. The predicted molar refractivity (Wildman–Crippen MR) is 122 cm³/mol. The zero-order valence-electron chi connectivity index (χ0n) is 17.5. The van der Waals surface area contributed by atoms with Gasteiger partial charge in [0, 0.05) is 18.9 Å². The van der Waals surface area contributed by atoms with E-state index in [-0.39, 0.29) is 23.3 Å². The third-order valence-corrected chi connectivity index (χ3v) is 5.98. The smallest absolute Gasteiger partial charge is 0.284 e. The molecule has 0 amide bonds. The third-order valence-electron chi connectivity index (χ3n) is 5.68. The maximum Gasteiger partial charge on any atom is 0.284 e. The van der Waals surface area contributed by atoms with E-state index in [0.717, 1.165) is 12.0 Å². The van der Waals surface area contributed by atoms with E-state index in [1.54, 1.807) is 16.8 Å². The van der Waals surface area contributed by atoms with Crippen molar-refractivity contribution < 1.29 is 4.79 Å². The molecular formula is C22H20ClN7O2. The minimum atomic E-state index is -0.291. The number of halogens is 1. The van der Waals surface area contributed by atoms with Gasteiger partial charge in [-0.1, -0.05) is 23.7 Å². The summed E-state index contributed by atoms with van der Waals surface area (Å²) in [4.78, 5) is 36.0. The number of ketones is 1. The number of hydrogen-bond donors (Lipinski definition) is 1. The molecule has 1 aliphatic rings. The van der Waals surface area contributed by atoms with Crippen LogP contribution in [0.25, 0.3) is 11.2 Å². The van der Waals surface area contributed by atoms with Gasteiger partial charge < -0.3 is 10.6 Å². The lowest BCUT2D eigenvalue weighted by Gasteiger charge is -2.42. The highest BCUT2D eigenvalue weighted by Gasteiger charge is 2.37. The van der Waals surface area contributed by atoms with E-state index < -0.39 is 0 Å². The molecule has 0 saturated carbocycles. The summed E-state index contributed by atoms with van der Waals surface area (Å²) in [6.07, 6.45) is 3.82. The summed E-state index contributed by atoms with van der Waals surface area (Å²) in [5, 5.41) is 5.09. The Morgan fingerprint density at radius 2 is 2.09 bits per heavy atom. The number of hydrogen-bond acceptors (Lipinski definition) is 7. The number of benzene rings is 1. The largest absolute Gasteiger partial charge is 0.368 e. The van der Waals surface area contributed by atoms with E-state index in [2.05, 4.69) is 9.97 Å². The molecule has 162 valence electrons. The molecule has 4 heterocycles. The van der Waals surface area contributed by atoms with Crippen LogP contribution in [-0.2, 0) is 0 Å². The maximum absolute atomic E-state index is 13.6. The number of nitrogens with zero attached hydrogens (tertiary/aromatic N) is 6. The number of aromatic nitrogens is 5. The Balaban J connectivity index is 1.73. The second kappa shape index (κ2) is 7.45. The van der Waals surface area contributed by atoms with Gasteiger partial charge in [0.1, 0.15) is 11.3 Å². The first-order chi connectivity index (χ1) is 15.3. The quantitative estimate of drug-likeness (QED) is 0.476. The first kappa shape index (κ1) is 20.2. The average Bonchev–Trinajstić information content (AvgIpc) is 3.08. The Hall–Kier alpha value is -3.72. The second-order valence-corrected chi connectivity index (χ2v) is 8.22. The molecule has 32 heavy (non-hydrogen) atoms. The van der Waals surface area contributed by atoms with Gasteiger partial charge in [-0.05, 0) is 44.0 Å². The van der Waals surface area contributed by atoms with E-state index in [4.69, 9.17) is 22.4 Å². The van der Waals surface area contributed by atoms with Crippen molar-refractivity contribution in [3.8, 4) is 5.69 Å². The first-order valence-corrected chi connectivity index (χ1v) is 10.5. The van der Waals surface area contributed by atoms with Crippen LogP contribution in [0.15, 0.2) is 47.5 Å². The SMILES string of the molecule is CC(=O)c1cnc(N)nc1N1CCC1c1nn2ccc(Cl)c2c(=O)n1-c1cccc(C)c1. The predicted octanol–water partition coefficient (Wildman–Crippen LogP) is 2.97. The van der Waals surface area contributed by atoms with Gasteiger partial charge in [-0.15, -0.1) is 0 Å². The van der Waals surface area contributed by atoms with Gasteiger partial charge in [-0.2, -0.15) is 10.1 Å². The Labute approximate surface area is 188 Å². The number of nitrogens with two attached hydrogens (primary N) is 1. The first-order valence-electron chi connectivity index (χ1n) is 10.1. The Bertz CT molecular complexity index is 1440. The van der Waals surface area contributed by atoms with Crippen molar-refractivity contribution in [1.82, 2.24) is 24.1 Å². The zero-order valence-corrected chi connectivity index (χ0v) is 18.2. The fraction of sp³-hybridized carbons (Fsp3) is 0.227. The minimum Gasteiger partial charge on any atom is -0.368 e. The van der Waals surface area contributed by atoms with Crippen LogP contribution in [0.1, 0.15) is 41.1 Å². The number of anilines is 2. The Morgan fingerprint density at radius 1 is 1.28 bits per heavy atom. The van der Waals surface area contributed by atoms with Crippen LogP contribution in [0.3, 0.4) is 0 Å². The lowest BCUT2D eigenvalue weighted by atomic mass is 10.00. The number of rotatable bonds is 4. The van der Waals surface area contributed by atoms with Gasteiger partial charge in [0.15, 0.2) is 11.6 Å². The lowest BCUT2D eigenvalue weighted by molar-refractivity contribution is 0.101. The molecule has 1 fully saturated rings. The van der Waals surface area contributed by atoms with E-state index in [0.29, 0.717) is 40.0 Å². The summed E-state index contributed by atoms with van der Waals surface area (Å²) < 4.78 is 3.09. The van der Waals surface area contributed by atoms with Crippen LogP contribution in [-0.4, -0.2) is 36.5 Å². The van der Waals surface area contributed by atoms with Crippen molar-refractivity contribution in [1.29, 1.82) is 0 Å². The molecule has 0 bridgehead atoms. The molecule has 4 aromatic rings. The lowest BCUT2D eigenvalue weighted by Crippen LogP contribution is -2.46. The minimum absolute atomic E-state index is 0.0762. The average molecular weight is 450 g/mol. The van der Waals surface area contributed by atoms with Crippen molar-refractivity contribution in [3.05, 3.63) is 75.1 Å². The molecule has 0 radical (unpaired) electrons. The monoisotopic (exact) mass is 449 g/mol. The molecule has 1 saturated heterocycles.